The lowest BCUT2D eigenvalue weighted by Crippen LogP contribution is -2.39. The number of halogens is 3. The van der Waals surface area contributed by atoms with Gasteiger partial charge in [-0.2, -0.15) is 0 Å². The molecule has 0 bridgehead atoms. The summed E-state index contributed by atoms with van der Waals surface area (Å²) in [6.07, 6.45) is -2.72. The molecule has 2 atom stereocenters. The third kappa shape index (κ3) is 3.71. The number of aromatic nitrogens is 1. The van der Waals surface area contributed by atoms with Gasteiger partial charge in [-0.1, -0.05) is 6.92 Å². The fourth-order valence-electron chi connectivity index (χ4n) is 4.04. The van der Waals surface area contributed by atoms with Crippen molar-refractivity contribution in [1.82, 2.24) is 9.88 Å². The molecule has 0 N–H and O–H groups in total. The molecule has 1 saturated heterocycles. The van der Waals surface area contributed by atoms with Crippen LogP contribution in [0, 0.1) is 5.92 Å². The van der Waals surface area contributed by atoms with Gasteiger partial charge in [0.2, 0.25) is 0 Å². The number of pyridine rings is 1. The number of benzene rings is 1. The summed E-state index contributed by atoms with van der Waals surface area (Å²) in [5.74, 6) is -0.864. The van der Waals surface area contributed by atoms with Crippen LogP contribution in [0.15, 0.2) is 42.6 Å². The van der Waals surface area contributed by atoms with Gasteiger partial charge in [-0.05, 0) is 62.8 Å². The highest BCUT2D eigenvalue weighted by molar-refractivity contribution is 6.31. The summed E-state index contributed by atoms with van der Waals surface area (Å²) in [6, 6.07) is 7.62. The first-order valence-electron chi connectivity index (χ1n) is 9.67. The van der Waals surface area contributed by atoms with E-state index in [2.05, 4.69) is 9.72 Å². The Bertz CT molecular complexity index is 1030. The molecule has 4 rings (SSSR count). The van der Waals surface area contributed by atoms with E-state index in [4.69, 9.17) is 0 Å². The Morgan fingerprint density at radius 2 is 1.81 bits per heavy atom. The average Bonchev–Trinajstić information content (AvgIpc) is 3.27. The summed E-state index contributed by atoms with van der Waals surface area (Å²) in [5.41, 5.74) is 0.509. The molecule has 1 saturated carbocycles. The second-order valence-corrected chi connectivity index (χ2v) is 8.07. The monoisotopic (exact) mass is 434 g/mol. The van der Waals surface area contributed by atoms with Crippen LogP contribution in [0.1, 0.15) is 19.0 Å². The number of carbonyl (C=O) groups is 2. The van der Waals surface area contributed by atoms with Crippen molar-refractivity contribution >= 4 is 23.3 Å². The smallest absolute Gasteiger partial charge is 0.406 e. The van der Waals surface area contributed by atoms with Crippen LogP contribution in [-0.2, 0) is 11.3 Å². The summed E-state index contributed by atoms with van der Waals surface area (Å²) in [7, 11) is 3.80. The van der Waals surface area contributed by atoms with Crippen LogP contribution in [0.2, 0.25) is 0 Å². The number of ether oxygens (including phenoxy) is 1. The maximum atomic E-state index is 13.4. The topological polar surface area (TPSA) is 66.0 Å². The van der Waals surface area contributed by atoms with E-state index in [1.807, 2.05) is 25.9 Å². The lowest BCUT2D eigenvalue weighted by molar-refractivity contribution is -0.274. The van der Waals surface area contributed by atoms with E-state index in [9.17, 15) is 22.8 Å². The Kier molecular flexibility index (Phi) is 4.92. The number of nitrogens with zero attached hydrogens (tertiary/aromatic N) is 4. The van der Waals surface area contributed by atoms with Gasteiger partial charge in [-0.15, -0.1) is 13.2 Å². The molecule has 1 aromatic heterocycles. The largest absolute Gasteiger partial charge is 0.573 e. The molecule has 3 amide bonds. The number of amides is 3. The summed E-state index contributed by atoms with van der Waals surface area (Å²) >= 11 is 0. The van der Waals surface area contributed by atoms with E-state index < -0.39 is 23.7 Å². The minimum absolute atomic E-state index is 0.0488. The number of hydrogen-bond donors (Lipinski definition) is 0. The third-order valence-electron chi connectivity index (χ3n) is 5.49. The molecule has 31 heavy (non-hydrogen) atoms. The van der Waals surface area contributed by atoms with Crippen LogP contribution in [-0.4, -0.2) is 47.8 Å². The van der Waals surface area contributed by atoms with Gasteiger partial charge in [0.05, 0.1) is 17.1 Å². The van der Waals surface area contributed by atoms with E-state index >= 15 is 0 Å². The molecule has 2 aliphatic rings. The van der Waals surface area contributed by atoms with Crippen molar-refractivity contribution < 1.29 is 27.5 Å². The minimum atomic E-state index is -4.82. The molecule has 2 aromatic rings. The van der Waals surface area contributed by atoms with Gasteiger partial charge >= 0.3 is 12.4 Å². The molecule has 10 heteroatoms. The van der Waals surface area contributed by atoms with Crippen LogP contribution in [0.5, 0.6) is 5.75 Å². The van der Waals surface area contributed by atoms with Crippen molar-refractivity contribution in [2.24, 2.45) is 5.92 Å². The highest BCUT2D eigenvalue weighted by Gasteiger charge is 2.70. The van der Waals surface area contributed by atoms with E-state index in [-0.39, 0.29) is 17.5 Å². The maximum absolute atomic E-state index is 13.4. The lowest BCUT2D eigenvalue weighted by atomic mass is 10.1. The van der Waals surface area contributed by atoms with E-state index in [1.54, 1.807) is 18.3 Å². The standard InChI is InChI=1S/C21H21F3N4O3/c1-13-11-20(13)18(29)27(15-4-6-17(7-5-15)31-21(22,23)24)19(30)28(20)16-8-9-25-14(10-16)12-26(2)3/h4-10,13H,11-12H2,1-3H3. The molecule has 1 aliphatic heterocycles. The van der Waals surface area contributed by atoms with Crippen molar-refractivity contribution in [3.05, 3.63) is 48.3 Å². The number of imide groups is 1. The van der Waals surface area contributed by atoms with Gasteiger partial charge in [-0.3, -0.25) is 14.7 Å². The number of rotatable bonds is 5. The summed E-state index contributed by atoms with van der Waals surface area (Å²) < 4.78 is 41.1. The molecule has 1 spiro atoms. The molecular formula is C21H21F3N4O3. The van der Waals surface area contributed by atoms with Gasteiger partial charge in [0.1, 0.15) is 11.3 Å². The normalized spacial score (nSPS) is 23.3. The highest BCUT2D eigenvalue weighted by Crippen LogP contribution is 2.55. The number of carbonyl (C=O) groups excluding carboxylic acids is 2. The number of alkyl halides is 3. The molecule has 1 aliphatic carbocycles. The molecule has 2 unspecified atom stereocenters. The molecular weight excluding hydrogens is 413 g/mol. The van der Waals surface area contributed by atoms with Crippen molar-refractivity contribution in [2.75, 3.05) is 23.9 Å². The van der Waals surface area contributed by atoms with Crippen molar-refractivity contribution in [2.45, 2.75) is 31.8 Å². The van der Waals surface area contributed by atoms with E-state index in [0.29, 0.717) is 18.7 Å². The fourth-order valence-corrected chi connectivity index (χ4v) is 4.04. The van der Waals surface area contributed by atoms with Gasteiger partial charge in [0.25, 0.3) is 5.91 Å². The van der Waals surface area contributed by atoms with Crippen LogP contribution >= 0.6 is 0 Å². The summed E-state index contributed by atoms with van der Waals surface area (Å²) in [4.78, 5) is 35.4. The fraction of sp³-hybridized carbons (Fsp3) is 0.381. The SMILES string of the molecule is CC1CC12C(=O)N(c1ccc(OC(F)(F)F)cc1)C(=O)N2c1ccnc(CN(C)C)c1. The van der Waals surface area contributed by atoms with Crippen molar-refractivity contribution in [1.29, 1.82) is 0 Å². The van der Waals surface area contributed by atoms with E-state index in [1.165, 1.54) is 17.0 Å². The number of urea groups is 1. The predicted molar refractivity (Wildman–Crippen MR) is 107 cm³/mol. The maximum Gasteiger partial charge on any atom is 0.573 e. The van der Waals surface area contributed by atoms with Gasteiger partial charge < -0.3 is 9.64 Å². The molecule has 164 valence electrons. The Morgan fingerprint density at radius 3 is 2.35 bits per heavy atom. The quantitative estimate of drug-likeness (QED) is 0.670. The van der Waals surface area contributed by atoms with Crippen LogP contribution in [0.4, 0.5) is 29.3 Å². The van der Waals surface area contributed by atoms with Crippen molar-refractivity contribution in [3.63, 3.8) is 0 Å². The van der Waals surface area contributed by atoms with Gasteiger partial charge in [-0.25, -0.2) is 9.69 Å². The lowest BCUT2D eigenvalue weighted by Gasteiger charge is -2.23. The second kappa shape index (κ2) is 7.23. The third-order valence-corrected chi connectivity index (χ3v) is 5.49. The number of hydrogen-bond acceptors (Lipinski definition) is 5. The number of anilines is 2. The molecule has 1 aromatic carbocycles. The van der Waals surface area contributed by atoms with Gasteiger partial charge in [0, 0.05) is 12.7 Å². The van der Waals surface area contributed by atoms with Gasteiger partial charge in [0.15, 0.2) is 0 Å². The Morgan fingerprint density at radius 1 is 1.16 bits per heavy atom. The van der Waals surface area contributed by atoms with Crippen LogP contribution < -0.4 is 14.5 Å². The summed E-state index contributed by atoms with van der Waals surface area (Å²) in [6.45, 7) is 2.46. The minimum Gasteiger partial charge on any atom is -0.406 e. The zero-order chi connectivity index (χ0) is 22.6. The first kappa shape index (κ1) is 21.1. The Labute approximate surface area is 177 Å². The second-order valence-electron chi connectivity index (χ2n) is 8.07. The molecule has 0 radical (unpaired) electrons. The molecule has 2 heterocycles. The first-order valence-corrected chi connectivity index (χ1v) is 9.67. The molecule has 2 fully saturated rings. The first-order chi connectivity index (χ1) is 14.5. The van der Waals surface area contributed by atoms with E-state index in [0.717, 1.165) is 22.7 Å². The summed E-state index contributed by atoms with van der Waals surface area (Å²) in [5, 5.41) is 0. The van der Waals surface area contributed by atoms with Crippen LogP contribution in [0.25, 0.3) is 0 Å². The Balaban J connectivity index is 1.67. The predicted octanol–water partition coefficient (Wildman–Crippen LogP) is 3.79. The zero-order valence-electron chi connectivity index (χ0n) is 17.2. The zero-order valence-corrected chi connectivity index (χ0v) is 17.2. The van der Waals surface area contributed by atoms with Crippen molar-refractivity contribution in [3.8, 4) is 5.75 Å². The Hall–Kier alpha value is -3.14. The van der Waals surface area contributed by atoms with Crippen LogP contribution in [0.3, 0.4) is 0 Å². The highest BCUT2D eigenvalue weighted by atomic mass is 19.4. The molecule has 7 nitrogen and oxygen atoms in total. The average molecular weight is 434 g/mol.